The molecule has 0 aliphatic rings. The molecule has 19 heavy (non-hydrogen) atoms. The van der Waals surface area contributed by atoms with Gasteiger partial charge in [0.2, 0.25) is 0 Å². The van der Waals surface area contributed by atoms with E-state index < -0.39 is 11.7 Å². The van der Waals surface area contributed by atoms with Gasteiger partial charge in [-0.25, -0.2) is 0 Å². The Morgan fingerprint density at radius 2 is 1.74 bits per heavy atom. The zero-order chi connectivity index (χ0) is 13.9. The van der Waals surface area contributed by atoms with E-state index in [4.69, 9.17) is 4.74 Å². The highest BCUT2D eigenvalue weighted by molar-refractivity contribution is 5.38. The van der Waals surface area contributed by atoms with Crippen LogP contribution >= 0.6 is 0 Å². The summed E-state index contributed by atoms with van der Waals surface area (Å²) in [5.74, 6) is 0.189. The molecule has 0 radical (unpaired) electrons. The number of benzene rings is 2. The van der Waals surface area contributed by atoms with Gasteiger partial charge in [0.05, 0.1) is 5.56 Å². The molecular weight excluding hydrogens is 257 g/mol. The fourth-order valence-corrected chi connectivity index (χ4v) is 1.58. The van der Waals surface area contributed by atoms with Gasteiger partial charge in [0, 0.05) is 0 Å². The van der Waals surface area contributed by atoms with Gasteiger partial charge < -0.3 is 9.84 Å². The molecular formula is C14H11F3O2. The second-order valence-electron chi connectivity index (χ2n) is 3.95. The van der Waals surface area contributed by atoms with E-state index in [0.717, 1.165) is 12.1 Å². The SMILES string of the molecule is Oc1ccccc1OCc1cccc(C(F)(F)F)c1. The summed E-state index contributed by atoms with van der Waals surface area (Å²) in [7, 11) is 0. The third-order valence-electron chi connectivity index (χ3n) is 2.51. The van der Waals surface area contributed by atoms with E-state index in [-0.39, 0.29) is 18.1 Å². The molecule has 0 aliphatic carbocycles. The van der Waals surface area contributed by atoms with Crippen molar-refractivity contribution in [2.24, 2.45) is 0 Å². The quantitative estimate of drug-likeness (QED) is 0.912. The van der Waals surface area contributed by atoms with E-state index >= 15 is 0 Å². The number of hydrogen-bond acceptors (Lipinski definition) is 2. The van der Waals surface area contributed by atoms with Gasteiger partial charge in [-0.1, -0.05) is 24.3 Å². The number of rotatable bonds is 3. The lowest BCUT2D eigenvalue weighted by molar-refractivity contribution is -0.137. The third-order valence-corrected chi connectivity index (χ3v) is 2.51. The Kier molecular flexibility index (Phi) is 3.64. The van der Waals surface area contributed by atoms with Crippen molar-refractivity contribution in [2.45, 2.75) is 12.8 Å². The maximum atomic E-state index is 12.5. The standard InChI is InChI=1S/C14H11F3O2/c15-14(16,17)11-5-3-4-10(8-11)9-19-13-7-2-1-6-12(13)18/h1-8,18H,9H2. The second kappa shape index (κ2) is 5.22. The van der Waals surface area contributed by atoms with Crippen molar-refractivity contribution in [1.29, 1.82) is 0 Å². The summed E-state index contributed by atoms with van der Waals surface area (Å²) >= 11 is 0. The lowest BCUT2D eigenvalue weighted by Crippen LogP contribution is -2.06. The largest absolute Gasteiger partial charge is 0.504 e. The van der Waals surface area contributed by atoms with Gasteiger partial charge >= 0.3 is 6.18 Å². The van der Waals surface area contributed by atoms with Crippen molar-refractivity contribution in [3.05, 3.63) is 59.7 Å². The number of phenolic OH excluding ortho intramolecular Hbond substituents is 1. The topological polar surface area (TPSA) is 29.5 Å². The van der Waals surface area contributed by atoms with Gasteiger partial charge in [0.1, 0.15) is 6.61 Å². The minimum absolute atomic E-state index is 0.0402. The van der Waals surface area contributed by atoms with Crippen LogP contribution in [0.3, 0.4) is 0 Å². The van der Waals surface area contributed by atoms with Gasteiger partial charge in [0.15, 0.2) is 11.5 Å². The third kappa shape index (κ3) is 3.40. The van der Waals surface area contributed by atoms with Crippen LogP contribution in [0.15, 0.2) is 48.5 Å². The van der Waals surface area contributed by atoms with Crippen LogP contribution in [0.5, 0.6) is 11.5 Å². The predicted octanol–water partition coefficient (Wildman–Crippen LogP) is 3.99. The van der Waals surface area contributed by atoms with Crippen LogP contribution in [0.4, 0.5) is 13.2 Å². The van der Waals surface area contributed by atoms with E-state index in [1.165, 1.54) is 18.2 Å². The number of aromatic hydroxyl groups is 1. The molecule has 2 nitrogen and oxygen atoms in total. The zero-order valence-electron chi connectivity index (χ0n) is 9.82. The first kappa shape index (κ1) is 13.3. The van der Waals surface area contributed by atoms with Crippen LogP contribution in [0.2, 0.25) is 0 Å². The fraction of sp³-hybridized carbons (Fsp3) is 0.143. The van der Waals surface area contributed by atoms with Crippen LogP contribution in [0.1, 0.15) is 11.1 Å². The van der Waals surface area contributed by atoms with Crippen LogP contribution in [-0.2, 0) is 12.8 Å². The molecule has 1 N–H and O–H groups in total. The molecule has 0 aromatic heterocycles. The molecule has 100 valence electrons. The first-order valence-corrected chi connectivity index (χ1v) is 5.54. The molecule has 0 heterocycles. The normalized spacial score (nSPS) is 11.3. The van der Waals surface area contributed by atoms with E-state index in [1.807, 2.05) is 0 Å². The smallest absolute Gasteiger partial charge is 0.416 e. The first-order valence-electron chi connectivity index (χ1n) is 5.54. The number of para-hydroxylation sites is 2. The lowest BCUT2D eigenvalue weighted by atomic mass is 10.1. The molecule has 5 heteroatoms. The maximum absolute atomic E-state index is 12.5. The van der Waals surface area contributed by atoms with Crippen molar-refractivity contribution >= 4 is 0 Å². The minimum Gasteiger partial charge on any atom is -0.504 e. The molecule has 0 bridgehead atoms. The molecule has 0 saturated heterocycles. The number of ether oxygens (including phenoxy) is 1. The molecule has 2 rings (SSSR count). The fourth-order valence-electron chi connectivity index (χ4n) is 1.58. The number of alkyl halides is 3. The van der Waals surface area contributed by atoms with Gasteiger partial charge in [0.25, 0.3) is 0 Å². The second-order valence-corrected chi connectivity index (χ2v) is 3.95. The number of halogens is 3. The minimum atomic E-state index is -4.37. The van der Waals surface area contributed by atoms with E-state index in [2.05, 4.69) is 0 Å². The average Bonchev–Trinajstić information content (AvgIpc) is 2.37. The summed E-state index contributed by atoms with van der Waals surface area (Å²) < 4.78 is 42.8. The zero-order valence-corrected chi connectivity index (χ0v) is 9.82. The molecule has 0 aliphatic heterocycles. The van der Waals surface area contributed by atoms with Gasteiger partial charge in [-0.15, -0.1) is 0 Å². The monoisotopic (exact) mass is 268 g/mol. The Morgan fingerprint density at radius 3 is 2.42 bits per heavy atom. The molecule has 2 aromatic carbocycles. The highest BCUT2D eigenvalue weighted by Gasteiger charge is 2.30. The molecule has 0 amide bonds. The molecule has 2 aromatic rings. The summed E-state index contributed by atoms with van der Waals surface area (Å²) in [6.45, 7) is -0.0402. The van der Waals surface area contributed by atoms with Crippen molar-refractivity contribution in [3.8, 4) is 11.5 Å². The Morgan fingerprint density at radius 1 is 1.00 bits per heavy atom. The predicted molar refractivity (Wildman–Crippen MR) is 63.9 cm³/mol. The molecule has 0 unspecified atom stereocenters. The Hall–Kier alpha value is -2.17. The number of phenols is 1. The van der Waals surface area contributed by atoms with Crippen LogP contribution in [-0.4, -0.2) is 5.11 Å². The highest BCUT2D eigenvalue weighted by Crippen LogP contribution is 2.30. The summed E-state index contributed by atoms with van der Waals surface area (Å²) in [4.78, 5) is 0. The van der Waals surface area contributed by atoms with E-state index in [0.29, 0.717) is 5.56 Å². The molecule has 0 spiro atoms. The van der Waals surface area contributed by atoms with Crippen molar-refractivity contribution in [1.82, 2.24) is 0 Å². The first-order chi connectivity index (χ1) is 8.97. The van der Waals surface area contributed by atoms with Crippen molar-refractivity contribution in [2.75, 3.05) is 0 Å². The summed E-state index contributed by atoms with van der Waals surface area (Å²) in [6.07, 6.45) is -4.37. The number of hydrogen-bond donors (Lipinski definition) is 1. The van der Waals surface area contributed by atoms with Gasteiger partial charge in [-0.2, -0.15) is 13.2 Å². The van der Waals surface area contributed by atoms with Crippen LogP contribution in [0, 0.1) is 0 Å². The summed E-state index contributed by atoms with van der Waals surface area (Å²) in [5.41, 5.74) is -0.330. The van der Waals surface area contributed by atoms with Gasteiger partial charge in [-0.05, 0) is 29.8 Å². The van der Waals surface area contributed by atoms with Crippen molar-refractivity contribution < 1.29 is 23.0 Å². The molecule has 0 atom stereocenters. The Bertz CT molecular complexity index is 565. The van der Waals surface area contributed by atoms with Gasteiger partial charge in [-0.3, -0.25) is 0 Å². The van der Waals surface area contributed by atoms with E-state index in [9.17, 15) is 18.3 Å². The molecule has 0 saturated carbocycles. The van der Waals surface area contributed by atoms with Crippen molar-refractivity contribution in [3.63, 3.8) is 0 Å². The summed E-state index contributed by atoms with van der Waals surface area (Å²) in [6, 6.07) is 11.2. The molecule has 0 fully saturated rings. The maximum Gasteiger partial charge on any atom is 0.416 e. The Labute approximate surface area is 108 Å². The van der Waals surface area contributed by atoms with E-state index in [1.54, 1.807) is 18.2 Å². The van der Waals surface area contributed by atoms with Crippen LogP contribution in [0.25, 0.3) is 0 Å². The summed E-state index contributed by atoms with van der Waals surface area (Å²) in [5, 5.41) is 9.47. The average molecular weight is 268 g/mol. The Balaban J connectivity index is 2.10. The highest BCUT2D eigenvalue weighted by atomic mass is 19.4. The van der Waals surface area contributed by atoms with Crippen LogP contribution < -0.4 is 4.74 Å². The lowest BCUT2D eigenvalue weighted by Gasteiger charge is -2.10.